The van der Waals surface area contributed by atoms with Gasteiger partial charge in [-0.15, -0.1) is 0 Å². The van der Waals surface area contributed by atoms with Crippen molar-refractivity contribution in [3.05, 3.63) is 94.0 Å². The first-order chi connectivity index (χ1) is 25.0. The first-order valence-corrected chi connectivity index (χ1v) is 18.0. The molecule has 4 aromatic carbocycles. The average molecular weight is 701 g/mol. The number of rotatable bonds is 14. The molecule has 3 N–H and O–H groups in total. The van der Waals surface area contributed by atoms with Crippen LogP contribution >= 0.6 is 0 Å². The lowest BCUT2D eigenvalue weighted by Crippen LogP contribution is -2.18. The Hall–Kier alpha value is -4.44. The van der Waals surface area contributed by atoms with Gasteiger partial charge in [0.2, 0.25) is 0 Å². The van der Waals surface area contributed by atoms with Crippen molar-refractivity contribution in [2.75, 3.05) is 47.6 Å². The summed E-state index contributed by atoms with van der Waals surface area (Å²) in [6, 6.07) is 20.4. The van der Waals surface area contributed by atoms with E-state index in [1.807, 2.05) is 38.1 Å². The van der Waals surface area contributed by atoms with E-state index in [9.17, 15) is 0 Å². The summed E-state index contributed by atoms with van der Waals surface area (Å²) >= 11 is 0. The van der Waals surface area contributed by atoms with Crippen molar-refractivity contribution in [2.45, 2.75) is 73.3 Å². The third-order valence-corrected chi connectivity index (χ3v) is 9.06. The molecule has 5 rings (SSSR count). The number of hydrogen-bond donors (Lipinski definition) is 3. The van der Waals surface area contributed by atoms with E-state index in [0.717, 1.165) is 87.6 Å². The third kappa shape index (κ3) is 10.3. The van der Waals surface area contributed by atoms with Crippen LogP contribution in [-0.2, 0) is 26.3 Å². The molecule has 0 amide bonds. The predicted octanol–water partition coefficient (Wildman–Crippen LogP) is 7.91. The molecular weight excluding hydrogens is 644 g/mol. The summed E-state index contributed by atoms with van der Waals surface area (Å²) < 4.78 is 35.9. The zero-order chi connectivity index (χ0) is 36.6. The Bertz CT molecular complexity index is 1670. The van der Waals surface area contributed by atoms with Gasteiger partial charge in [0.15, 0.2) is 0 Å². The van der Waals surface area contributed by atoms with E-state index in [2.05, 4.69) is 60.9 Å². The van der Waals surface area contributed by atoms with Crippen LogP contribution in [0.3, 0.4) is 0 Å². The second-order valence-electron chi connectivity index (χ2n) is 12.2. The van der Waals surface area contributed by atoms with E-state index in [-0.39, 0.29) is 6.61 Å². The van der Waals surface area contributed by atoms with Crippen LogP contribution in [0.4, 0.5) is 0 Å². The van der Waals surface area contributed by atoms with Gasteiger partial charge in [0.1, 0.15) is 47.7 Å². The Morgan fingerprint density at radius 1 is 0.745 bits per heavy atom. The minimum atomic E-state index is 0.0563. The SMILES string of the molecule is CC.COc1cc(OCc2cccc(-c3cccc(COc4cc(OC)c5c(c4)OCCCCCNC5)c3C)c2C)cc(OC)c1CNCCO. The van der Waals surface area contributed by atoms with Crippen molar-refractivity contribution in [2.24, 2.45) is 0 Å². The standard InChI is InChI=1S/C40H50N2O7.C2H6/c1-27-29(25-48-31-19-37(44-3)35(23-42-16-17-43)38(20-31)45-4)11-9-13-33(27)34-14-10-12-30(28(34)2)26-49-32-21-39(46-5)36-24-41-15-7-6-8-18-47-40(36)22-32;1-2/h9-14,19-22,41-43H,6-8,15-18,23-26H2,1-5H3;1-2H3. The van der Waals surface area contributed by atoms with Crippen LogP contribution in [0.2, 0.25) is 0 Å². The molecule has 0 unspecified atom stereocenters. The molecule has 9 nitrogen and oxygen atoms in total. The molecule has 4 aromatic rings. The maximum Gasteiger partial charge on any atom is 0.131 e. The Balaban J connectivity index is 0.00000286. The van der Waals surface area contributed by atoms with Gasteiger partial charge in [0.05, 0.1) is 45.7 Å². The summed E-state index contributed by atoms with van der Waals surface area (Å²) in [5.74, 6) is 4.27. The van der Waals surface area contributed by atoms with Gasteiger partial charge in [0.25, 0.3) is 0 Å². The summed E-state index contributed by atoms with van der Waals surface area (Å²) in [5, 5.41) is 15.8. The molecule has 1 heterocycles. The van der Waals surface area contributed by atoms with Crippen molar-refractivity contribution < 1.29 is 33.5 Å². The first kappa shape index (κ1) is 39.3. The lowest BCUT2D eigenvalue weighted by atomic mass is 9.92. The molecule has 0 spiro atoms. The number of aliphatic hydroxyl groups is 1. The molecule has 9 heteroatoms. The van der Waals surface area contributed by atoms with Crippen molar-refractivity contribution >= 4 is 0 Å². The number of ether oxygens (including phenoxy) is 6. The van der Waals surface area contributed by atoms with Gasteiger partial charge in [-0.1, -0.05) is 50.2 Å². The Morgan fingerprint density at radius 3 is 1.88 bits per heavy atom. The number of benzene rings is 4. The minimum absolute atomic E-state index is 0.0563. The minimum Gasteiger partial charge on any atom is -0.496 e. The lowest BCUT2D eigenvalue weighted by Gasteiger charge is -2.20. The third-order valence-electron chi connectivity index (χ3n) is 9.06. The zero-order valence-electron chi connectivity index (χ0n) is 31.4. The summed E-state index contributed by atoms with van der Waals surface area (Å²) in [6.45, 7) is 12.5. The van der Waals surface area contributed by atoms with E-state index in [4.69, 9.17) is 33.5 Å². The van der Waals surface area contributed by atoms with Crippen molar-refractivity contribution in [1.29, 1.82) is 0 Å². The highest BCUT2D eigenvalue weighted by atomic mass is 16.5. The fraction of sp³-hybridized carbons (Fsp3) is 0.429. The van der Waals surface area contributed by atoms with Crippen LogP contribution in [0, 0.1) is 13.8 Å². The van der Waals surface area contributed by atoms with Crippen LogP contribution in [0.25, 0.3) is 11.1 Å². The fourth-order valence-corrected chi connectivity index (χ4v) is 6.18. The van der Waals surface area contributed by atoms with Gasteiger partial charge in [-0.3, -0.25) is 0 Å². The highest BCUT2D eigenvalue weighted by Crippen LogP contribution is 2.37. The quantitative estimate of drug-likeness (QED) is 0.113. The number of methoxy groups -OCH3 is 3. The average Bonchev–Trinajstić information content (AvgIpc) is 3.16. The van der Waals surface area contributed by atoms with E-state index in [1.54, 1.807) is 21.3 Å². The van der Waals surface area contributed by atoms with E-state index in [0.29, 0.717) is 56.7 Å². The molecule has 0 saturated carbocycles. The summed E-state index contributed by atoms with van der Waals surface area (Å²) in [6.07, 6.45) is 3.31. The summed E-state index contributed by atoms with van der Waals surface area (Å²) in [7, 11) is 4.95. The topological polar surface area (TPSA) is 99.7 Å². The van der Waals surface area contributed by atoms with Crippen LogP contribution in [0.15, 0.2) is 60.7 Å². The molecule has 276 valence electrons. The van der Waals surface area contributed by atoms with Crippen LogP contribution in [0.1, 0.15) is 66.5 Å². The van der Waals surface area contributed by atoms with Crippen LogP contribution in [-0.4, -0.2) is 52.7 Å². The lowest BCUT2D eigenvalue weighted by molar-refractivity contribution is 0.280. The van der Waals surface area contributed by atoms with E-state index >= 15 is 0 Å². The van der Waals surface area contributed by atoms with Crippen molar-refractivity contribution in [3.8, 4) is 45.6 Å². The van der Waals surface area contributed by atoms with Crippen molar-refractivity contribution in [3.63, 3.8) is 0 Å². The monoisotopic (exact) mass is 700 g/mol. The molecule has 0 saturated heterocycles. The zero-order valence-corrected chi connectivity index (χ0v) is 31.4. The van der Waals surface area contributed by atoms with E-state index < -0.39 is 0 Å². The predicted molar refractivity (Wildman–Crippen MR) is 204 cm³/mol. The highest BCUT2D eigenvalue weighted by molar-refractivity contribution is 5.72. The number of hydrogen-bond acceptors (Lipinski definition) is 9. The molecule has 1 aliphatic heterocycles. The summed E-state index contributed by atoms with van der Waals surface area (Å²) in [5.41, 5.74) is 8.70. The number of fused-ring (bicyclic) bond motifs is 1. The molecule has 1 aliphatic rings. The first-order valence-electron chi connectivity index (χ1n) is 18.0. The Kier molecular flexibility index (Phi) is 15.8. The molecule has 0 aromatic heterocycles. The normalized spacial score (nSPS) is 12.8. The van der Waals surface area contributed by atoms with Crippen LogP contribution < -0.4 is 39.1 Å². The largest absolute Gasteiger partial charge is 0.496 e. The van der Waals surface area contributed by atoms with Gasteiger partial charge in [-0.05, 0) is 73.0 Å². The Labute approximate surface area is 304 Å². The van der Waals surface area contributed by atoms with Crippen LogP contribution in [0.5, 0.6) is 34.5 Å². The molecule has 0 bridgehead atoms. The van der Waals surface area contributed by atoms with Gasteiger partial charge < -0.3 is 44.2 Å². The summed E-state index contributed by atoms with van der Waals surface area (Å²) in [4.78, 5) is 0. The second kappa shape index (κ2) is 20.4. The van der Waals surface area contributed by atoms with Gasteiger partial charge in [-0.25, -0.2) is 0 Å². The Morgan fingerprint density at radius 2 is 1.31 bits per heavy atom. The number of nitrogens with one attached hydrogen (secondary N) is 2. The molecule has 0 radical (unpaired) electrons. The maximum atomic E-state index is 9.15. The van der Waals surface area contributed by atoms with Crippen molar-refractivity contribution in [1.82, 2.24) is 10.6 Å². The second-order valence-corrected chi connectivity index (χ2v) is 12.2. The van der Waals surface area contributed by atoms with Gasteiger partial charge >= 0.3 is 0 Å². The van der Waals surface area contributed by atoms with Gasteiger partial charge in [0, 0.05) is 43.9 Å². The molecular formula is C42H56N2O7. The molecule has 0 aliphatic carbocycles. The van der Waals surface area contributed by atoms with E-state index in [1.165, 1.54) is 0 Å². The molecule has 51 heavy (non-hydrogen) atoms. The molecule has 0 fully saturated rings. The fourth-order valence-electron chi connectivity index (χ4n) is 6.18. The smallest absolute Gasteiger partial charge is 0.131 e. The highest BCUT2D eigenvalue weighted by Gasteiger charge is 2.17. The maximum absolute atomic E-state index is 9.15. The number of aliphatic hydroxyl groups excluding tert-OH is 1. The van der Waals surface area contributed by atoms with Gasteiger partial charge in [-0.2, -0.15) is 0 Å². The molecule has 0 atom stereocenters.